The van der Waals surface area contributed by atoms with Gasteiger partial charge in [-0.1, -0.05) is 19.1 Å². The highest BCUT2D eigenvalue weighted by Gasteiger charge is 2.07. The van der Waals surface area contributed by atoms with Crippen molar-refractivity contribution in [2.75, 3.05) is 11.5 Å². The van der Waals surface area contributed by atoms with Gasteiger partial charge in [-0.3, -0.25) is 0 Å². The summed E-state index contributed by atoms with van der Waals surface area (Å²) in [6.45, 7) is 2.00. The Kier molecular flexibility index (Phi) is 6.98. The lowest BCUT2D eigenvalue weighted by molar-refractivity contribution is 0.0684. The molecule has 0 atom stereocenters. The Hall–Kier alpha value is -2.47. The lowest BCUT2D eigenvalue weighted by Crippen LogP contribution is -1.97. The van der Waals surface area contributed by atoms with Gasteiger partial charge in [0.1, 0.15) is 0 Å². The molecule has 0 unspecified atom stereocenters. The van der Waals surface area contributed by atoms with Gasteiger partial charge in [-0.2, -0.15) is 0 Å². The number of nitrogens with two attached hydrogens (primary N) is 1. The third-order valence-corrected chi connectivity index (χ3v) is 3.53. The number of carboxylic acids is 2. The fourth-order valence-electron chi connectivity index (χ4n) is 1.55. The van der Waals surface area contributed by atoms with Gasteiger partial charge in [0, 0.05) is 10.6 Å². The average molecular weight is 319 g/mol. The highest BCUT2D eigenvalue weighted by Crippen LogP contribution is 2.21. The van der Waals surface area contributed by atoms with E-state index in [0.29, 0.717) is 11.3 Å². The van der Waals surface area contributed by atoms with Gasteiger partial charge < -0.3 is 15.9 Å². The van der Waals surface area contributed by atoms with Crippen molar-refractivity contribution in [1.82, 2.24) is 0 Å². The third-order valence-electron chi connectivity index (χ3n) is 2.57. The van der Waals surface area contributed by atoms with Crippen molar-refractivity contribution in [1.29, 1.82) is 0 Å². The second-order valence-electron chi connectivity index (χ2n) is 4.16. The summed E-state index contributed by atoms with van der Waals surface area (Å²) in [6, 6.07) is 13.1. The van der Waals surface area contributed by atoms with E-state index < -0.39 is 11.9 Å². The molecule has 4 N–H and O–H groups in total. The number of anilines is 1. The van der Waals surface area contributed by atoms with Gasteiger partial charge in [0.05, 0.1) is 11.1 Å². The van der Waals surface area contributed by atoms with E-state index in [1.54, 1.807) is 36.0 Å². The summed E-state index contributed by atoms with van der Waals surface area (Å²) in [5.74, 6) is -0.892. The number of nitrogen functional groups attached to an aromatic ring is 1. The maximum absolute atomic E-state index is 10.7. The molecule has 116 valence electrons. The molecule has 2 rings (SSSR count). The fraction of sp³-hybridized carbons (Fsp3) is 0.125. The summed E-state index contributed by atoms with van der Waals surface area (Å²) >= 11 is 1.55. The summed E-state index contributed by atoms with van der Waals surface area (Å²) in [4.78, 5) is 21.8. The van der Waals surface area contributed by atoms with Crippen molar-refractivity contribution in [3.8, 4) is 0 Å². The first-order chi connectivity index (χ1) is 10.5. The molecule has 0 aliphatic heterocycles. The Morgan fingerprint density at radius 2 is 1.59 bits per heavy atom. The lowest BCUT2D eigenvalue weighted by atomic mass is 10.2. The van der Waals surface area contributed by atoms with Crippen molar-refractivity contribution in [3.63, 3.8) is 0 Å². The molecule has 0 spiro atoms. The number of thioether (sulfide) groups is 1. The molecule has 0 saturated carbocycles. The van der Waals surface area contributed by atoms with Crippen LogP contribution < -0.4 is 5.73 Å². The second-order valence-corrected chi connectivity index (χ2v) is 5.47. The monoisotopic (exact) mass is 319 g/mol. The summed E-state index contributed by atoms with van der Waals surface area (Å²) in [5.41, 5.74) is 6.56. The number of hydrogen-bond acceptors (Lipinski definition) is 4. The van der Waals surface area contributed by atoms with Gasteiger partial charge in [0.2, 0.25) is 0 Å². The van der Waals surface area contributed by atoms with Gasteiger partial charge in [-0.25, -0.2) is 9.59 Å². The van der Waals surface area contributed by atoms with Crippen molar-refractivity contribution < 1.29 is 19.8 Å². The molecular formula is C16H17NO4S. The second kappa shape index (κ2) is 8.74. The zero-order valence-electron chi connectivity index (χ0n) is 12.0. The van der Waals surface area contributed by atoms with Crippen LogP contribution in [-0.2, 0) is 0 Å². The molecule has 0 saturated heterocycles. The number of carbonyl (C=O) groups is 2. The van der Waals surface area contributed by atoms with Crippen LogP contribution in [0.15, 0.2) is 53.4 Å². The predicted molar refractivity (Wildman–Crippen MR) is 87.6 cm³/mol. The number of hydrogen-bond donors (Lipinski definition) is 3. The van der Waals surface area contributed by atoms with E-state index in [-0.39, 0.29) is 5.56 Å². The Morgan fingerprint density at radius 1 is 1.00 bits per heavy atom. The minimum absolute atomic E-state index is 0.259. The molecule has 0 heterocycles. The van der Waals surface area contributed by atoms with Crippen LogP contribution in [-0.4, -0.2) is 27.9 Å². The van der Waals surface area contributed by atoms with Gasteiger partial charge >= 0.3 is 11.9 Å². The Labute approximate surface area is 132 Å². The fourth-order valence-corrected chi connectivity index (χ4v) is 2.35. The molecule has 2 aromatic rings. The Bertz CT molecular complexity index is 641. The first-order valence-electron chi connectivity index (χ1n) is 6.49. The van der Waals surface area contributed by atoms with E-state index in [1.165, 1.54) is 12.1 Å². The highest BCUT2D eigenvalue weighted by molar-refractivity contribution is 7.99. The number of rotatable bonds is 4. The van der Waals surface area contributed by atoms with E-state index in [0.717, 1.165) is 10.6 Å². The van der Waals surface area contributed by atoms with E-state index >= 15 is 0 Å². The van der Waals surface area contributed by atoms with E-state index in [1.807, 2.05) is 19.1 Å². The topological polar surface area (TPSA) is 101 Å². The third kappa shape index (κ3) is 5.49. The van der Waals surface area contributed by atoms with E-state index in [2.05, 4.69) is 0 Å². The molecule has 0 fully saturated rings. The van der Waals surface area contributed by atoms with Crippen LogP contribution in [0.25, 0.3) is 0 Å². The lowest BCUT2D eigenvalue weighted by Gasteiger charge is -2.01. The molecular weight excluding hydrogens is 302 g/mol. The van der Waals surface area contributed by atoms with Crippen LogP contribution in [0.5, 0.6) is 0 Å². The van der Waals surface area contributed by atoms with Crippen molar-refractivity contribution >= 4 is 29.4 Å². The number of carboxylic acid groups (broad SMARTS) is 2. The zero-order valence-corrected chi connectivity index (χ0v) is 12.8. The number of benzene rings is 2. The van der Waals surface area contributed by atoms with E-state index in [4.69, 9.17) is 15.9 Å². The van der Waals surface area contributed by atoms with Gasteiger partial charge in [-0.15, -0.1) is 11.8 Å². The maximum atomic E-state index is 10.7. The van der Waals surface area contributed by atoms with Crippen LogP contribution in [0.4, 0.5) is 5.69 Å². The van der Waals surface area contributed by atoms with Crippen molar-refractivity contribution in [3.05, 3.63) is 59.7 Å². The molecule has 6 heteroatoms. The molecule has 0 amide bonds. The van der Waals surface area contributed by atoms with Crippen LogP contribution >= 0.6 is 11.8 Å². The molecule has 2 aromatic carbocycles. The van der Waals surface area contributed by atoms with Gasteiger partial charge in [0.15, 0.2) is 0 Å². The summed E-state index contributed by atoms with van der Waals surface area (Å²) in [7, 11) is 0. The molecule has 0 aliphatic carbocycles. The van der Waals surface area contributed by atoms with Crippen LogP contribution in [0.3, 0.4) is 0 Å². The van der Waals surface area contributed by atoms with Crippen molar-refractivity contribution in [2.45, 2.75) is 11.8 Å². The molecule has 0 bridgehead atoms. The highest BCUT2D eigenvalue weighted by atomic mass is 32.2. The quantitative estimate of drug-likeness (QED) is 0.589. The number of aromatic carboxylic acids is 2. The average Bonchev–Trinajstić information content (AvgIpc) is 2.49. The van der Waals surface area contributed by atoms with Crippen LogP contribution in [0, 0.1) is 0 Å². The van der Waals surface area contributed by atoms with Gasteiger partial charge in [0.25, 0.3) is 0 Å². The molecule has 0 radical (unpaired) electrons. The SMILES string of the molecule is CCSc1ccccc1C(=O)O.Nc1ccc(C(=O)O)cc1. The minimum atomic E-state index is -0.931. The maximum Gasteiger partial charge on any atom is 0.336 e. The molecule has 22 heavy (non-hydrogen) atoms. The zero-order chi connectivity index (χ0) is 16.5. The molecule has 0 aliphatic rings. The summed E-state index contributed by atoms with van der Waals surface area (Å²) in [5, 5.41) is 17.2. The summed E-state index contributed by atoms with van der Waals surface area (Å²) < 4.78 is 0. The Morgan fingerprint density at radius 3 is 2.09 bits per heavy atom. The minimum Gasteiger partial charge on any atom is -0.478 e. The Balaban J connectivity index is 0.000000224. The van der Waals surface area contributed by atoms with Crippen molar-refractivity contribution in [2.24, 2.45) is 0 Å². The smallest absolute Gasteiger partial charge is 0.336 e. The summed E-state index contributed by atoms with van der Waals surface area (Å²) in [6.07, 6.45) is 0. The molecule has 0 aromatic heterocycles. The first kappa shape index (κ1) is 17.6. The van der Waals surface area contributed by atoms with E-state index in [9.17, 15) is 9.59 Å². The van der Waals surface area contributed by atoms with Crippen LogP contribution in [0.1, 0.15) is 27.6 Å². The molecule has 5 nitrogen and oxygen atoms in total. The standard InChI is InChI=1S/C9H10O2S.C7H7NO2/c1-2-12-8-6-4-3-5-7(8)9(10)11;8-6-3-1-5(2-4-6)7(9)10/h3-6H,2H2,1H3,(H,10,11);1-4H,8H2,(H,9,10). The largest absolute Gasteiger partial charge is 0.478 e. The predicted octanol–water partition coefficient (Wildman–Crippen LogP) is 3.46. The van der Waals surface area contributed by atoms with Crippen LogP contribution in [0.2, 0.25) is 0 Å². The first-order valence-corrected chi connectivity index (χ1v) is 7.48. The normalized spacial score (nSPS) is 9.50. The van der Waals surface area contributed by atoms with Gasteiger partial charge in [-0.05, 0) is 42.2 Å².